The quantitative estimate of drug-likeness (QED) is 0.683. The summed E-state index contributed by atoms with van der Waals surface area (Å²) >= 11 is 11.6. The van der Waals surface area contributed by atoms with Crippen molar-refractivity contribution in [3.8, 4) is 0 Å². The normalized spacial score (nSPS) is 10.1. The van der Waals surface area contributed by atoms with Gasteiger partial charge < -0.3 is 5.32 Å². The number of rotatable bonds is 3. The van der Waals surface area contributed by atoms with Crippen LogP contribution in [0.25, 0.3) is 0 Å². The summed E-state index contributed by atoms with van der Waals surface area (Å²) in [6.07, 6.45) is 0. The zero-order chi connectivity index (χ0) is 14.7. The number of benzene rings is 2. The summed E-state index contributed by atoms with van der Waals surface area (Å²) in [6.45, 7) is 0. The van der Waals surface area contributed by atoms with Crippen LogP contribution in [0.3, 0.4) is 0 Å². The summed E-state index contributed by atoms with van der Waals surface area (Å²) in [7, 11) is 0. The van der Waals surface area contributed by atoms with Crippen LogP contribution in [0.1, 0.15) is 10.4 Å². The Labute approximate surface area is 124 Å². The van der Waals surface area contributed by atoms with Gasteiger partial charge in [-0.1, -0.05) is 29.3 Å². The molecule has 0 aliphatic rings. The zero-order valence-electron chi connectivity index (χ0n) is 9.97. The molecule has 2 aromatic carbocycles. The van der Waals surface area contributed by atoms with Crippen LogP contribution in [-0.4, -0.2) is 10.8 Å². The monoisotopic (exact) mass is 310 g/mol. The van der Waals surface area contributed by atoms with E-state index in [1.807, 2.05) is 0 Å². The minimum Gasteiger partial charge on any atom is -0.322 e. The van der Waals surface area contributed by atoms with Gasteiger partial charge in [-0.3, -0.25) is 14.9 Å². The molecule has 20 heavy (non-hydrogen) atoms. The molecule has 102 valence electrons. The number of carbonyl (C=O) groups excluding carboxylic acids is 1. The first kappa shape index (κ1) is 14.3. The molecule has 2 rings (SSSR count). The maximum atomic E-state index is 12.1. The number of halogens is 2. The van der Waals surface area contributed by atoms with Crippen molar-refractivity contribution in [3.05, 3.63) is 68.2 Å². The minimum atomic E-state index is -0.636. The fourth-order valence-corrected chi connectivity index (χ4v) is 1.98. The average molecular weight is 311 g/mol. The molecule has 7 heteroatoms. The standard InChI is InChI=1S/C13H8Cl2N2O3/c14-8-2-1-3-10(6-8)16-13(18)11-7-9(15)4-5-12(11)17(19)20/h1-7H,(H,16,18). The van der Waals surface area contributed by atoms with E-state index in [0.717, 1.165) is 0 Å². The van der Waals surface area contributed by atoms with E-state index in [-0.39, 0.29) is 16.3 Å². The summed E-state index contributed by atoms with van der Waals surface area (Å²) in [5.41, 5.74) is 0.0215. The highest BCUT2D eigenvalue weighted by Gasteiger charge is 2.20. The third-order valence-electron chi connectivity index (χ3n) is 2.48. The van der Waals surface area contributed by atoms with Gasteiger partial charge in [0.25, 0.3) is 11.6 Å². The molecular weight excluding hydrogens is 303 g/mol. The molecule has 0 saturated heterocycles. The predicted molar refractivity (Wildman–Crippen MR) is 77.5 cm³/mol. The Morgan fingerprint density at radius 3 is 2.45 bits per heavy atom. The Morgan fingerprint density at radius 1 is 1.10 bits per heavy atom. The van der Waals surface area contributed by atoms with Crippen molar-refractivity contribution >= 4 is 40.5 Å². The maximum Gasteiger partial charge on any atom is 0.282 e. The molecule has 0 aromatic heterocycles. The maximum absolute atomic E-state index is 12.1. The average Bonchev–Trinajstić information content (AvgIpc) is 2.38. The van der Waals surface area contributed by atoms with E-state index in [0.29, 0.717) is 10.7 Å². The van der Waals surface area contributed by atoms with Crippen LogP contribution in [0.5, 0.6) is 0 Å². The van der Waals surface area contributed by atoms with E-state index in [1.165, 1.54) is 24.3 Å². The van der Waals surface area contributed by atoms with Gasteiger partial charge in [0.15, 0.2) is 0 Å². The van der Waals surface area contributed by atoms with E-state index in [1.54, 1.807) is 18.2 Å². The molecule has 0 aliphatic heterocycles. The number of carbonyl (C=O) groups is 1. The smallest absolute Gasteiger partial charge is 0.282 e. The fourth-order valence-electron chi connectivity index (χ4n) is 1.61. The minimum absolute atomic E-state index is 0.109. The zero-order valence-corrected chi connectivity index (χ0v) is 11.5. The van der Waals surface area contributed by atoms with Gasteiger partial charge in [-0.15, -0.1) is 0 Å². The van der Waals surface area contributed by atoms with Crippen LogP contribution in [0.4, 0.5) is 11.4 Å². The molecule has 0 saturated carbocycles. The second kappa shape index (κ2) is 5.90. The fraction of sp³-hybridized carbons (Fsp3) is 0. The highest BCUT2D eigenvalue weighted by Crippen LogP contribution is 2.24. The first-order chi connectivity index (χ1) is 9.47. The number of anilines is 1. The Bertz CT molecular complexity index is 689. The van der Waals surface area contributed by atoms with Crippen molar-refractivity contribution in [3.63, 3.8) is 0 Å². The van der Waals surface area contributed by atoms with E-state index >= 15 is 0 Å². The summed E-state index contributed by atoms with van der Waals surface area (Å²) in [5.74, 6) is -0.624. The van der Waals surface area contributed by atoms with E-state index in [9.17, 15) is 14.9 Å². The Balaban J connectivity index is 2.34. The third kappa shape index (κ3) is 3.26. The second-order valence-corrected chi connectivity index (χ2v) is 4.76. The molecule has 0 bridgehead atoms. The van der Waals surface area contributed by atoms with Crippen LogP contribution < -0.4 is 5.32 Å². The van der Waals surface area contributed by atoms with Gasteiger partial charge in [-0.25, -0.2) is 0 Å². The van der Waals surface area contributed by atoms with Crippen molar-refractivity contribution in [2.75, 3.05) is 5.32 Å². The molecule has 2 aromatic rings. The summed E-state index contributed by atoms with van der Waals surface area (Å²) in [5, 5.41) is 14.1. The van der Waals surface area contributed by atoms with E-state index < -0.39 is 10.8 Å². The Morgan fingerprint density at radius 2 is 1.80 bits per heavy atom. The van der Waals surface area contributed by atoms with Gasteiger partial charge in [-0.05, 0) is 30.3 Å². The summed E-state index contributed by atoms with van der Waals surface area (Å²) in [4.78, 5) is 22.4. The molecule has 0 heterocycles. The van der Waals surface area contributed by atoms with Gasteiger partial charge in [0.2, 0.25) is 0 Å². The van der Waals surface area contributed by atoms with Crippen LogP contribution in [0.2, 0.25) is 10.0 Å². The Hall–Kier alpha value is -2.11. The van der Waals surface area contributed by atoms with Crippen molar-refractivity contribution in [1.82, 2.24) is 0 Å². The number of hydrogen-bond donors (Lipinski definition) is 1. The lowest BCUT2D eigenvalue weighted by Gasteiger charge is -2.06. The molecule has 5 nitrogen and oxygen atoms in total. The first-order valence-electron chi connectivity index (χ1n) is 5.48. The number of nitro groups is 1. The van der Waals surface area contributed by atoms with Gasteiger partial charge in [-0.2, -0.15) is 0 Å². The van der Waals surface area contributed by atoms with Gasteiger partial charge in [0, 0.05) is 21.8 Å². The summed E-state index contributed by atoms with van der Waals surface area (Å²) < 4.78 is 0. The van der Waals surface area contributed by atoms with Crippen LogP contribution in [0, 0.1) is 10.1 Å². The van der Waals surface area contributed by atoms with Gasteiger partial charge in [0.1, 0.15) is 5.56 Å². The largest absolute Gasteiger partial charge is 0.322 e. The van der Waals surface area contributed by atoms with Crippen molar-refractivity contribution in [2.45, 2.75) is 0 Å². The first-order valence-corrected chi connectivity index (χ1v) is 6.24. The van der Waals surface area contributed by atoms with Crippen molar-refractivity contribution in [2.24, 2.45) is 0 Å². The van der Waals surface area contributed by atoms with Crippen molar-refractivity contribution < 1.29 is 9.72 Å². The molecule has 0 spiro atoms. The number of amides is 1. The molecule has 0 unspecified atom stereocenters. The lowest BCUT2D eigenvalue weighted by atomic mass is 10.1. The number of nitrogens with one attached hydrogen (secondary N) is 1. The highest BCUT2D eigenvalue weighted by atomic mass is 35.5. The molecule has 0 atom stereocenters. The Kier molecular flexibility index (Phi) is 4.22. The van der Waals surface area contributed by atoms with Crippen molar-refractivity contribution in [1.29, 1.82) is 0 Å². The van der Waals surface area contributed by atoms with Crippen LogP contribution in [-0.2, 0) is 0 Å². The number of nitro benzene ring substituents is 1. The van der Waals surface area contributed by atoms with Gasteiger partial charge in [0.05, 0.1) is 4.92 Å². The topological polar surface area (TPSA) is 72.2 Å². The van der Waals surface area contributed by atoms with E-state index in [2.05, 4.69) is 5.32 Å². The van der Waals surface area contributed by atoms with Crippen LogP contribution >= 0.6 is 23.2 Å². The summed E-state index contributed by atoms with van der Waals surface area (Å²) in [6, 6.07) is 10.3. The number of nitrogens with zero attached hydrogens (tertiary/aromatic N) is 1. The SMILES string of the molecule is O=C(Nc1cccc(Cl)c1)c1cc(Cl)ccc1[N+](=O)[O-]. The van der Waals surface area contributed by atoms with E-state index in [4.69, 9.17) is 23.2 Å². The molecule has 0 radical (unpaired) electrons. The molecule has 0 aliphatic carbocycles. The molecular formula is C13H8Cl2N2O3. The van der Waals surface area contributed by atoms with Gasteiger partial charge >= 0.3 is 0 Å². The lowest BCUT2D eigenvalue weighted by Crippen LogP contribution is -2.13. The van der Waals surface area contributed by atoms with Crippen LogP contribution in [0.15, 0.2) is 42.5 Å². The predicted octanol–water partition coefficient (Wildman–Crippen LogP) is 4.15. The second-order valence-electron chi connectivity index (χ2n) is 3.88. The lowest BCUT2D eigenvalue weighted by molar-refractivity contribution is -0.385. The molecule has 1 N–H and O–H groups in total. The molecule has 0 fully saturated rings. The molecule has 1 amide bonds. The third-order valence-corrected chi connectivity index (χ3v) is 2.95. The number of hydrogen-bond acceptors (Lipinski definition) is 3. The highest BCUT2D eigenvalue weighted by molar-refractivity contribution is 6.31.